The van der Waals surface area contributed by atoms with Crippen LogP contribution in [0.3, 0.4) is 0 Å². The average molecular weight is 250 g/mol. The Kier molecular flexibility index (Phi) is 3.76. The first-order valence-corrected chi connectivity index (χ1v) is 4.90. The van der Waals surface area contributed by atoms with E-state index in [-0.39, 0.29) is 5.92 Å². The minimum atomic E-state index is -4.52. The third-order valence-corrected chi connectivity index (χ3v) is 2.23. The second-order valence-electron chi connectivity index (χ2n) is 3.88. The van der Waals surface area contributed by atoms with Gasteiger partial charge in [-0.05, 0) is 12.0 Å². The number of carbonyl (C=O) groups is 1. The van der Waals surface area contributed by atoms with E-state index >= 15 is 0 Å². The normalized spacial score (nSPS) is 13.8. The Morgan fingerprint density at radius 2 is 2.12 bits per heavy atom. The van der Waals surface area contributed by atoms with Crippen molar-refractivity contribution in [3.8, 4) is 0 Å². The average Bonchev–Trinajstić information content (AvgIpc) is 2.65. The van der Waals surface area contributed by atoms with Gasteiger partial charge >= 0.3 is 6.18 Å². The Labute approximate surface area is 95.7 Å². The molecule has 1 heterocycles. The van der Waals surface area contributed by atoms with Crippen molar-refractivity contribution in [2.75, 3.05) is 0 Å². The van der Waals surface area contributed by atoms with Crippen LogP contribution >= 0.6 is 0 Å². The minimum Gasteiger partial charge on any atom is -0.292 e. The number of amides is 1. The van der Waals surface area contributed by atoms with Crippen LogP contribution in [-0.4, -0.2) is 15.7 Å². The summed E-state index contributed by atoms with van der Waals surface area (Å²) in [7, 11) is 0. The number of hydrogen-bond donors (Lipinski definition) is 2. The lowest BCUT2D eigenvalue weighted by atomic mass is 10.0. The van der Waals surface area contributed by atoms with Crippen LogP contribution in [-0.2, 0) is 11.0 Å². The molecule has 1 aromatic rings. The zero-order valence-corrected chi connectivity index (χ0v) is 9.32. The number of halogens is 3. The van der Waals surface area contributed by atoms with Gasteiger partial charge in [0.1, 0.15) is 6.04 Å². The molecule has 0 radical (unpaired) electrons. The number of nitrogens with two attached hydrogens (primary N) is 1. The van der Waals surface area contributed by atoms with Crippen LogP contribution in [0.1, 0.15) is 25.6 Å². The van der Waals surface area contributed by atoms with Crippen LogP contribution in [0.25, 0.3) is 0 Å². The predicted octanol–water partition coefficient (Wildman–Crippen LogP) is 1.09. The van der Waals surface area contributed by atoms with Crippen molar-refractivity contribution >= 4 is 5.91 Å². The monoisotopic (exact) mass is 250 g/mol. The number of nitrogens with zero attached hydrogens (tertiary/aromatic N) is 2. The Morgan fingerprint density at radius 1 is 1.53 bits per heavy atom. The molecule has 1 rings (SSSR count). The molecule has 3 N–H and O–H groups in total. The maximum absolute atomic E-state index is 12.3. The molecular weight excluding hydrogens is 237 g/mol. The first-order valence-electron chi connectivity index (χ1n) is 4.90. The van der Waals surface area contributed by atoms with Gasteiger partial charge in [0.25, 0.3) is 5.91 Å². The van der Waals surface area contributed by atoms with Crippen molar-refractivity contribution in [1.29, 1.82) is 0 Å². The fourth-order valence-corrected chi connectivity index (χ4v) is 1.46. The van der Waals surface area contributed by atoms with Crippen molar-refractivity contribution in [3.05, 3.63) is 18.0 Å². The van der Waals surface area contributed by atoms with Crippen molar-refractivity contribution in [2.45, 2.75) is 26.1 Å². The van der Waals surface area contributed by atoms with E-state index in [1.165, 1.54) is 0 Å². The summed E-state index contributed by atoms with van der Waals surface area (Å²) in [6.45, 7) is 3.38. The quantitative estimate of drug-likeness (QED) is 0.479. The number of aromatic nitrogens is 2. The molecule has 96 valence electrons. The lowest BCUT2D eigenvalue weighted by molar-refractivity contribution is -0.142. The van der Waals surface area contributed by atoms with Crippen molar-refractivity contribution in [2.24, 2.45) is 11.8 Å². The molecule has 1 atom stereocenters. The van der Waals surface area contributed by atoms with Gasteiger partial charge in [-0.15, -0.1) is 0 Å². The Balaban J connectivity index is 3.05. The van der Waals surface area contributed by atoms with Crippen LogP contribution in [0.5, 0.6) is 0 Å². The molecule has 8 heteroatoms. The molecule has 1 unspecified atom stereocenters. The predicted molar refractivity (Wildman–Crippen MR) is 53.4 cm³/mol. The molecule has 0 aliphatic heterocycles. The maximum Gasteiger partial charge on any atom is 0.435 e. The van der Waals surface area contributed by atoms with Gasteiger partial charge in [-0.3, -0.25) is 14.9 Å². The second kappa shape index (κ2) is 4.74. The summed E-state index contributed by atoms with van der Waals surface area (Å²) in [5, 5.41) is 3.35. The van der Waals surface area contributed by atoms with E-state index in [2.05, 4.69) is 5.10 Å². The summed E-state index contributed by atoms with van der Waals surface area (Å²) < 4.78 is 38.0. The number of nitrogens with one attached hydrogen (secondary N) is 1. The maximum atomic E-state index is 12.3. The third kappa shape index (κ3) is 2.96. The Morgan fingerprint density at radius 3 is 2.47 bits per heavy atom. The second-order valence-corrected chi connectivity index (χ2v) is 3.88. The zero-order valence-electron chi connectivity index (χ0n) is 9.32. The van der Waals surface area contributed by atoms with Crippen molar-refractivity contribution in [3.63, 3.8) is 0 Å². The zero-order chi connectivity index (χ0) is 13.2. The molecule has 17 heavy (non-hydrogen) atoms. The standard InChI is InChI=1S/C9H13F3N4O/c1-5(2)7(8(17)14-13)16-4-3-6(15-16)9(10,11)12/h3-5,7H,13H2,1-2H3,(H,14,17). The molecular formula is C9H13F3N4O. The van der Waals surface area contributed by atoms with E-state index in [0.29, 0.717) is 0 Å². The number of hydrazine groups is 1. The van der Waals surface area contributed by atoms with Crippen LogP contribution in [0, 0.1) is 5.92 Å². The number of hydrogen-bond acceptors (Lipinski definition) is 3. The van der Waals surface area contributed by atoms with E-state index in [9.17, 15) is 18.0 Å². The van der Waals surface area contributed by atoms with E-state index < -0.39 is 23.8 Å². The summed E-state index contributed by atoms with van der Waals surface area (Å²) >= 11 is 0. The molecule has 0 fully saturated rings. The SMILES string of the molecule is CC(C)C(C(=O)NN)n1ccc(C(F)(F)F)n1. The molecule has 0 spiro atoms. The Bertz CT molecular complexity index is 399. The highest BCUT2D eigenvalue weighted by Gasteiger charge is 2.35. The third-order valence-electron chi connectivity index (χ3n) is 2.23. The van der Waals surface area contributed by atoms with Gasteiger partial charge < -0.3 is 0 Å². The van der Waals surface area contributed by atoms with Gasteiger partial charge in [0.15, 0.2) is 5.69 Å². The van der Waals surface area contributed by atoms with Gasteiger partial charge in [0.2, 0.25) is 0 Å². The van der Waals surface area contributed by atoms with Crippen LogP contribution in [0.4, 0.5) is 13.2 Å². The highest BCUT2D eigenvalue weighted by Crippen LogP contribution is 2.28. The molecule has 0 saturated heterocycles. The van der Waals surface area contributed by atoms with E-state index in [1.807, 2.05) is 5.43 Å². The van der Waals surface area contributed by atoms with E-state index in [4.69, 9.17) is 5.84 Å². The summed E-state index contributed by atoms with van der Waals surface area (Å²) in [5.74, 6) is 4.15. The summed E-state index contributed by atoms with van der Waals surface area (Å²) in [6, 6.07) is -0.0461. The van der Waals surface area contributed by atoms with Gasteiger partial charge in [-0.2, -0.15) is 18.3 Å². The van der Waals surface area contributed by atoms with Crippen LogP contribution in [0.15, 0.2) is 12.3 Å². The smallest absolute Gasteiger partial charge is 0.292 e. The van der Waals surface area contributed by atoms with Gasteiger partial charge in [-0.25, -0.2) is 5.84 Å². The first-order chi connectivity index (χ1) is 7.77. The van der Waals surface area contributed by atoms with E-state index in [0.717, 1.165) is 16.9 Å². The first kappa shape index (κ1) is 13.5. The molecule has 5 nitrogen and oxygen atoms in total. The highest BCUT2D eigenvalue weighted by molar-refractivity contribution is 5.79. The fraction of sp³-hybridized carbons (Fsp3) is 0.556. The molecule has 0 aliphatic carbocycles. The highest BCUT2D eigenvalue weighted by atomic mass is 19.4. The number of rotatable bonds is 3. The van der Waals surface area contributed by atoms with Gasteiger partial charge in [0, 0.05) is 6.20 Å². The molecule has 0 bridgehead atoms. The fourth-order valence-electron chi connectivity index (χ4n) is 1.46. The van der Waals surface area contributed by atoms with E-state index in [1.54, 1.807) is 13.8 Å². The lowest BCUT2D eigenvalue weighted by Crippen LogP contribution is -2.39. The molecule has 0 aliphatic rings. The van der Waals surface area contributed by atoms with Gasteiger partial charge in [0.05, 0.1) is 0 Å². The number of alkyl halides is 3. The topological polar surface area (TPSA) is 72.9 Å². The Hall–Kier alpha value is -1.57. The van der Waals surface area contributed by atoms with Crippen LogP contribution in [0.2, 0.25) is 0 Å². The summed E-state index contributed by atoms with van der Waals surface area (Å²) in [4.78, 5) is 11.4. The molecule has 1 amide bonds. The molecule has 1 aromatic heterocycles. The summed E-state index contributed by atoms with van der Waals surface area (Å²) in [6.07, 6.45) is -3.41. The van der Waals surface area contributed by atoms with Gasteiger partial charge in [-0.1, -0.05) is 13.8 Å². The van der Waals surface area contributed by atoms with Crippen molar-refractivity contribution < 1.29 is 18.0 Å². The molecule has 0 saturated carbocycles. The molecule has 0 aromatic carbocycles. The van der Waals surface area contributed by atoms with Crippen LogP contribution < -0.4 is 11.3 Å². The van der Waals surface area contributed by atoms with Crippen molar-refractivity contribution in [1.82, 2.24) is 15.2 Å². The minimum absolute atomic E-state index is 0.237. The lowest BCUT2D eigenvalue weighted by Gasteiger charge is -2.19. The number of carbonyl (C=O) groups excluding carboxylic acids is 1. The summed E-state index contributed by atoms with van der Waals surface area (Å²) in [5.41, 5.74) is 0.878. The largest absolute Gasteiger partial charge is 0.435 e.